The molecule has 0 aliphatic rings. The zero-order chi connectivity index (χ0) is 13.4. The van der Waals surface area contributed by atoms with E-state index in [2.05, 4.69) is 20.0 Å². The molecule has 1 aromatic rings. The molecule has 1 heterocycles. The number of aromatic nitrogens is 2. The highest BCUT2D eigenvalue weighted by atomic mass is 16.5. The first-order valence-corrected chi connectivity index (χ1v) is 5.63. The molecule has 0 radical (unpaired) electrons. The minimum atomic E-state index is -0.923. The predicted octanol–water partition coefficient (Wildman–Crippen LogP) is 0.118. The van der Waals surface area contributed by atoms with Crippen molar-refractivity contribution >= 4 is 12.0 Å². The van der Waals surface area contributed by atoms with Crippen molar-refractivity contribution in [3.8, 4) is 0 Å². The van der Waals surface area contributed by atoms with Gasteiger partial charge < -0.3 is 19.8 Å². The number of nitrogens with one attached hydrogen (secondary N) is 1. The maximum atomic E-state index is 11.7. The molecular formula is C10H16N4O4. The van der Waals surface area contributed by atoms with Gasteiger partial charge in [-0.05, 0) is 6.92 Å². The van der Waals surface area contributed by atoms with Gasteiger partial charge in [0.25, 0.3) is 0 Å². The summed E-state index contributed by atoms with van der Waals surface area (Å²) in [6.45, 7) is 2.82. The van der Waals surface area contributed by atoms with Crippen LogP contribution in [0.4, 0.5) is 4.79 Å². The monoisotopic (exact) mass is 256 g/mol. The first-order valence-electron chi connectivity index (χ1n) is 5.63. The molecule has 8 heteroatoms. The Kier molecular flexibility index (Phi) is 5.62. The van der Waals surface area contributed by atoms with E-state index in [1.807, 2.05) is 0 Å². The lowest BCUT2D eigenvalue weighted by Crippen LogP contribution is -2.41. The first kappa shape index (κ1) is 13.9. The van der Waals surface area contributed by atoms with Crippen LogP contribution in [0.25, 0.3) is 0 Å². The summed E-state index contributed by atoms with van der Waals surface area (Å²) < 4.78 is 4.56. The van der Waals surface area contributed by atoms with Gasteiger partial charge in [0.1, 0.15) is 0 Å². The number of aliphatic carboxylic acids is 1. The second kappa shape index (κ2) is 7.25. The highest BCUT2D eigenvalue weighted by Gasteiger charge is 2.12. The van der Waals surface area contributed by atoms with E-state index in [0.717, 1.165) is 0 Å². The highest BCUT2D eigenvalue weighted by Crippen LogP contribution is 1.94. The smallest absolute Gasteiger partial charge is 0.317 e. The van der Waals surface area contributed by atoms with E-state index in [-0.39, 0.29) is 19.0 Å². The van der Waals surface area contributed by atoms with Crippen molar-refractivity contribution in [1.82, 2.24) is 20.4 Å². The molecule has 0 aliphatic heterocycles. The molecule has 2 amide bonds. The summed E-state index contributed by atoms with van der Waals surface area (Å²) >= 11 is 0. The Morgan fingerprint density at radius 1 is 1.56 bits per heavy atom. The third-order valence-electron chi connectivity index (χ3n) is 2.30. The van der Waals surface area contributed by atoms with Gasteiger partial charge in [-0.1, -0.05) is 5.16 Å². The Balaban J connectivity index is 2.26. The van der Waals surface area contributed by atoms with Gasteiger partial charge in [-0.15, -0.1) is 0 Å². The molecule has 0 aliphatic carbocycles. The van der Waals surface area contributed by atoms with Gasteiger partial charge in [-0.25, -0.2) is 4.79 Å². The van der Waals surface area contributed by atoms with E-state index in [1.54, 1.807) is 6.92 Å². The van der Waals surface area contributed by atoms with Crippen LogP contribution in [0, 0.1) is 0 Å². The largest absolute Gasteiger partial charge is 0.481 e. The number of rotatable bonds is 7. The number of amides is 2. The van der Waals surface area contributed by atoms with Crippen LogP contribution in [0.3, 0.4) is 0 Å². The summed E-state index contributed by atoms with van der Waals surface area (Å²) in [7, 11) is 0. The number of carbonyl (C=O) groups is 2. The predicted molar refractivity (Wildman–Crippen MR) is 60.9 cm³/mol. The number of urea groups is 1. The maximum absolute atomic E-state index is 11.7. The van der Waals surface area contributed by atoms with Crippen LogP contribution < -0.4 is 5.32 Å². The van der Waals surface area contributed by atoms with Gasteiger partial charge in [0.05, 0.1) is 6.42 Å². The zero-order valence-corrected chi connectivity index (χ0v) is 10.1. The number of carbonyl (C=O) groups excluding carboxylic acids is 1. The molecule has 0 unspecified atom stereocenters. The molecule has 0 saturated heterocycles. The van der Waals surface area contributed by atoms with Crippen molar-refractivity contribution < 1.29 is 19.2 Å². The van der Waals surface area contributed by atoms with Gasteiger partial charge in [-0.3, -0.25) is 4.79 Å². The fourth-order valence-electron chi connectivity index (χ4n) is 1.33. The van der Waals surface area contributed by atoms with Crippen molar-refractivity contribution in [2.75, 3.05) is 19.6 Å². The fraction of sp³-hybridized carbons (Fsp3) is 0.600. The van der Waals surface area contributed by atoms with E-state index >= 15 is 0 Å². The maximum Gasteiger partial charge on any atom is 0.317 e. The molecular weight excluding hydrogens is 240 g/mol. The van der Waals surface area contributed by atoms with Crippen LogP contribution in [0.1, 0.15) is 19.2 Å². The van der Waals surface area contributed by atoms with Gasteiger partial charge in [0.15, 0.2) is 5.82 Å². The summed E-state index contributed by atoms with van der Waals surface area (Å²) in [6, 6.07) is -0.290. The quantitative estimate of drug-likeness (QED) is 0.717. The fourth-order valence-corrected chi connectivity index (χ4v) is 1.33. The molecule has 1 rings (SSSR count). The Labute approximate surface area is 104 Å². The van der Waals surface area contributed by atoms with Gasteiger partial charge in [0.2, 0.25) is 6.39 Å². The average molecular weight is 256 g/mol. The molecule has 8 nitrogen and oxygen atoms in total. The Bertz CT molecular complexity index is 379. The Hall–Kier alpha value is -2.12. The van der Waals surface area contributed by atoms with E-state index in [9.17, 15) is 9.59 Å². The minimum Gasteiger partial charge on any atom is -0.481 e. The number of carboxylic acid groups (broad SMARTS) is 1. The van der Waals surface area contributed by atoms with Crippen LogP contribution in [-0.4, -0.2) is 51.8 Å². The molecule has 0 atom stereocenters. The van der Waals surface area contributed by atoms with Gasteiger partial charge >= 0.3 is 12.0 Å². The van der Waals surface area contributed by atoms with Crippen LogP contribution in [-0.2, 0) is 11.2 Å². The van der Waals surface area contributed by atoms with Crippen molar-refractivity contribution in [3.05, 3.63) is 12.2 Å². The topological polar surface area (TPSA) is 109 Å². The molecule has 18 heavy (non-hydrogen) atoms. The van der Waals surface area contributed by atoms with Crippen LogP contribution >= 0.6 is 0 Å². The summed E-state index contributed by atoms with van der Waals surface area (Å²) in [6.07, 6.45) is 1.63. The van der Waals surface area contributed by atoms with E-state index < -0.39 is 5.97 Å². The minimum absolute atomic E-state index is 0.0634. The average Bonchev–Trinajstić information content (AvgIpc) is 2.82. The van der Waals surface area contributed by atoms with Gasteiger partial charge in [-0.2, -0.15) is 4.98 Å². The summed E-state index contributed by atoms with van der Waals surface area (Å²) in [4.78, 5) is 27.4. The van der Waals surface area contributed by atoms with Gasteiger partial charge in [0, 0.05) is 26.1 Å². The number of hydrogen-bond donors (Lipinski definition) is 2. The molecule has 0 aromatic carbocycles. The SMILES string of the molecule is CCN(CCC(=O)O)C(=O)NCCc1ncon1. The second-order valence-electron chi connectivity index (χ2n) is 3.55. The molecule has 0 spiro atoms. The normalized spacial score (nSPS) is 10.1. The second-order valence-corrected chi connectivity index (χ2v) is 3.55. The van der Waals surface area contributed by atoms with Crippen LogP contribution in [0.15, 0.2) is 10.9 Å². The van der Waals surface area contributed by atoms with E-state index in [4.69, 9.17) is 5.11 Å². The standard InChI is InChI=1S/C10H16N4O4/c1-2-14(6-4-9(15)16)10(17)11-5-3-8-12-7-18-13-8/h7H,2-6H2,1H3,(H,11,17)(H,15,16). The third-order valence-corrected chi connectivity index (χ3v) is 2.30. The van der Waals surface area contributed by atoms with Crippen molar-refractivity contribution in [3.63, 3.8) is 0 Å². The molecule has 0 fully saturated rings. The molecule has 0 bridgehead atoms. The molecule has 0 saturated carbocycles. The Morgan fingerprint density at radius 2 is 2.33 bits per heavy atom. The van der Waals surface area contributed by atoms with Crippen LogP contribution in [0.5, 0.6) is 0 Å². The lowest BCUT2D eigenvalue weighted by Gasteiger charge is -2.20. The summed E-state index contributed by atoms with van der Waals surface area (Å²) in [5.74, 6) is -0.406. The number of carboxylic acids is 1. The molecule has 100 valence electrons. The number of nitrogens with zero attached hydrogens (tertiary/aromatic N) is 3. The first-order chi connectivity index (χ1) is 8.63. The highest BCUT2D eigenvalue weighted by molar-refractivity contribution is 5.75. The summed E-state index contributed by atoms with van der Waals surface area (Å²) in [5.41, 5.74) is 0. The zero-order valence-electron chi connectivity index (χ0n) is 10.1. The lowest BCUT2D eigenvalue weighted by atomic mass is 10.4. The molecule has 2 N–H and O–H groups in total. The number of hydrogen-bond acceptors (Lipinski definition) is 5. The van der Waals surface area contributed by atoms with Crippen molar-refractivity contribution in [2.45, 2.75) is 19.8 Å². The summed E-state index contributed by atoms with van der Waals surface area (Å²) in [5, 5.41) is 14.8. The van der Waals surface area contributed by atoms with Crippen molar-refractivity contribution in [1.29, 1.82) is 0 Å². The van der Waals surface area contributed by atoms with Crippen molar-refractivity contribution in [2.24, 2.45) is 0 Å². The molecule has 1 aromatic heterocycles. The Morgan fingerprint density at radius 3 is 2.89 bits per heavy atom. The lowest BCUT2D eigenvalue weighted by molar-refractivity contribution is -0.137. The van der Waals surface area contributed by atoms with E-state index in [0.29, 0.717) is 25.3 Å². The van der Waals surface area contributed by atoms with E-state index in [1.165, 1.54) is 11.3 Å². The van der Waals surface area contributed by atoms with Crippen LogP contribution in [0.2, 0.25) is 0 Å². The third kappa shape index (κ3) is 4.81.